The summed E-state index contributed by atoms with van der Waals surface area (Å²) in [7, 11) is 0. The minimum absolute atomic E-state index is 0.161. The van der Waals surface area contributed by atoms with Gasteiger partial charge in [-0.2, -0.15) is 0 Å². The summed E-state index contributed by atoms with van der Waals surface area (Å²) in [6.07, 6.45) is 2.97. The van der Waals surface area contributed by atoms with Crippen LogP contribution in [0.4, 0.5) is 5.69 Å². The monoisotopic (exact) mass is 289 g/mol. The highest BCUT2D eigenvalue weighted by molar-refractivity contribution is 5.85. The predicted molar refractivity (Wildman–Crippen MR) is 84.7 cm³/mol. The van der Waals surface area contributed by atoms with Gasteiger partial charge in [-0.1, -0.05) is 6.07 Å². The molecule has 0 bridgehead atoms. The van der Waals surface area contributed by atoms with Gasteiger partial charge < -0.3 is 14.7 Å². The third-order valence-corrected chi connectivity index (χ3v) is 3.55. The van der Waals surface area contributed by atoms with Gasteiger partial charge in [0.2, 0.25) is 0 Å². The van der Waals surface area contributed by atoms with Crippen LogP contribution < -0.4 is 4.90 Å². The van der Waals surface area contributed by atoms with Crippen molar-refractivity contribution in [1.29, 1.82) is 0 Å². The minimum Gasteiger partial charge on any atom is -0.478 e. The zero-order valence-corrected chi connectivity index (χ0v) is 13.1. The number of carbonyl (C=O) groups is 1. The average molecular weight is 289 g/mol. The lowest BCUT2D eigenvalue weighted by molar-refractivity contribution is -0.131. The van der Waals surface area contributed by atoms with Crippen LogP contribution in [0.25, 0.3) is 6.08 Å². The Morgan fingerprint density at radius 3 is 2.76 bits per heavy atom. The Morgan fingerprint density at radius 2 is 2.19 bits per heavy atom. The topological polar surface area (TPSA) is 49.8 Å². The first-order chi connectivity index (χ1) is 9.77. The number of rotatable bonds is 3. The van der Waals surface area contributed by atoms with Gasteiger partial charge in [0.1, 0.15) is 0 Å². The number of carboxylic acid groups (broad SMARTS) is 1. The fourth-order valence-corrected chi connectivity index (χ4v) is 2.94. The van der Waals surface area contributed by atoms with E-state index in [1.54, 1.807) is 6.08 Å². The lowest BCUT2D eigenvalue weighted by Gasteiger charge is -2.43. The van der Waals surface area contributed by atoms with Crippen molar-refractivity contribution in [3.05, 3.63) is 35.4 Å². The largest absolute Gasteiger partial charge is 0.478 e. The molecule has 1 saturated heterocycles. The Balaban J connectivity index is 2.22. The van der Waals surface area contributed by atoms with E-state index in [0.29, 0.717) is 0 Å². The van der Waals surface area contributed by atoms with Crippen molar-refractivity contribution >= 4 is 17.7 Å². The van der Waals surface area contributed by atoms with Gasteiger partial charge in [0.15, 0.2) is 0 Å². The van der Waals surface area contributed by atoms with Crippen LogP contribution in [0.3, 0.4) is 0 Å². The van der Waals surface area contributed by atoms with Crippen LogP contribution in [0.15, 0.2) is 24.3 Å². The van der Waals surface area contributed by atoms with Crippen LogP contribution in [0.5, 0.6) is 0 Å². The summed E-state index contributed by atoms with van der Waals surface area (Å²) in [6, 6.07) is 6.03. The molecule has 1 N–H and O–H groups in total. The molecule has 21 heavy (non-hydrogen) atoms. The van der Waals surface area contributed by atoms with Crippen LogP contribution in [0.1, 0.15) is 31.9 Å². The van der Waals surface area contributed by atoms with Crippen molar-refractivity contribution < 1.29 is 14.6 Å². The molecule has 4 nitrogen and oxygen atoms in total. The highest BCUT2D eigenvalue weighted by Gasteiger charge is 2.31. The summed E-state index contributed by atoms with van der Waals surface area (Å²) in [5.41, 5.74) is 3.07. The third-order valence-electron chi connectivity index (χ3n) is 3.55. The molecule has 1 atom stereocenters. The standard InChI is InChI=1S/C17H23NO3/c1-12-9-14(6-8-16(19)20)5-7-15(12)18-10-13(2)21-17(3,4)11-18/h5-9,13H,10-11H2,1-4H3,(H,19,20). The summed E-state index contributed by atoms with van der Waals surface area (Å²) >= 11 is 0. The molecule has 2 rings (SSSR count). The van der Waals surface area contributed by atoms with Crippen molar-refractivity contribution in [2.75, 3.05) is 18.0 Å². The first kappa shape index (κ1) is 15.6. The first-order valence-electron chi connectivity index (χ1n) is 7.21. The lowest BCUT2D eigenvalue weighted by Crippen LogP contribution is -2.52. The smallest absolute Gasteiger partial charge is 0.328 e. The number of aryl methyl sites for hydroxylation is 1. The number of hydrogen-bond acceptors (Lipinski definition) is 3. The number of anilines is 1. The number of benzene rings is 1. The van der Waals surface area contributed by atoms with Crippen molar-refractivity contribution in [1.82, 2.24) is 0 Å². The van der Waals surface area contributed by atoms with Gasteiger partial charge in [-0.25, -0.2) is 4.79 Å². The van der Waals surface area contributed by atoms with Crippen molar-refractivity contribution in [2.45, 2.75) is 39.4 Å². The van der Waals surface area contributed by atoms with Crippen LogP contribution in [-0.2, 0) is 9.53 Å². The Labute approximate surface area is 126 Å². The Hall–Kier alpha value is -1.81. The number of aliphatic carboxylic acids is 1. The molecular weight excluding hydrogens is 266 g/mol. The number of nitrogens with zero attached hydrogens (tertiary/aromatic N) is 1. The van der Waals surface area contributed by atoms with Gasteiger partial charge in [0.25, 0.3) is 0 Å². The second-order valence-electron chi connectivity index (χ2n) is 6.29. The molecule has 4 heteroatoms. The van der Waals surface area contributed by atoms with Gasteiger partial charge in [-0.3, -0.25) is 0 Å². The lowest BCUT2D eigenvalue weighted by atomic mass is 10.0. The minimum atomic E-state index is -0.930. The van der Waals surface area contributed by atoms with Gasteiger partial charge in [-0.05, 0) is 57.0 Å². The summed E-state index contributed by atoms with van der Waals surface area (Å²) in [6.45, 7) is 10.1. The second-order valence-corrected chi connectivity index (χ2v) is 6.29. The number of hydrogen-bond donors (Lipinski definition) is 1. The fourth-order valence-electron chi connectivity index (χ4n) is 2.94. The molecule has 0 aliphatic carbocycles. The van der Waals surface area contributed by atoms with Crippen LogP contribution >= 0.6 is 0 Å². The zero-order chi connectivity index (χ0) is 15.6. The summed E-state index contributed by atoms with van der Waals surface area (Å²) < 4.78 is 5.94. The van der Waals surface area contributed by atoms with E-state index >= 15 is 0 Å². The Morgan fingerprint density at radius 1 is 1.48 bits per heavy atom. The molecule has 1 aliphatic heterocycles. The average Bonchev–Trinajstić information content (AvgIpc) is 2.33. The maximum atomic E-state index is 10.6. The molecule has 114 valence electrons. The summed E-state index contributed by atoms with van der Waals surface area (Å²) in [4.78, 5) is 12.9. The predicted octanol–water partition coefficient (Wildman–Crippen LogP) is 3.10. The number of morpholine rings is 1. The van der Waals surface area contributed by atoms with E-state index in [9.17, 15) is 4.79 Å². The first-order valence-corrected chi connectivity index (χ1v) is 7.21. The Kier molecular flexibility index (Phi) is 4.37. The van der Waals surface area contributed by atoms with Crippen molar-refractivity contribution in [2.24, 2.45) is 0 Å². The zero-order valence-electron chi connectivity index (χ0n) is 13.1. The van der Waals surface area contributed by atoms with Gasteiger partial charge in [0, 0.05) is 24.9 Å². The van der Waals surface area contributed by atoms with E-state index in [2.05, 4.69) is 38.7 Å². The van der Waals surface area contributed by atoms with E-state index < -0.39 is 5.97 Å². The molecule has 1 aromatic carbocycles. The maximum Gasteiger partial charge on any atom is 0.328 e. The highest BCUT2D eigenvalue weighted by atomic mass is 16.5. The van der Waals surface area contributed by atoms with Gasteiger partial charge in [-0.15, -0.1) is 0 Å². The molecule has 1 aromatic rings. The SMILES string of the molecule is Cc1cc(C=CC(=O)O)ccc1N1CC(C)OC(C)(C)C1. The van der Waals surface area contributed by atoms with Crippen LogP contribution in [0.2, 0.25) is 0 Å². The normalized spacial score (nSPS) is 21.7. The molecule has 1 heterocycles. The molecule has 0 amide bonds. The third kappa shape index (κ3) is 4.08. The fraction of sp³-hybridized carbons (Fsp3) is 0.471. The van der Waals surface area contributed by atoms with Crippen molar-refractivity contribution in [3.63, 3.8) is 0 Å². The van der Waals surface area contributed by atoms with E-state index in [1.165, 1.54) is 5.69 Å². The van der Waals surface area contributed by atoms with Gasteiger partial charge >= 0.3 is 5.97 Å². The summed E-state index contributed by atoms with van der Waals surface area (Å²) in [5, 5.41) is 8.68. The number of carboxylic acids is 1. The molecule has 0 saturated carbocycles. The molecule has 1 fully saturated rings. The Bertz CT molecular complexity index is 563. The van der Waals surface area contributed by atoms with Gasteiger partial charge in [0.05, 0.1) is 11.7 Å². The molecule has 0 aromatic heterocycles. The van der Waals surface area contributed by atoms with E-state index in [1.807, 2.05) is 12.1 Å². The molecular formula is C17H23NO3. The molecule has 1 aliphatic rings. The van der Waals surface area contributed by atoms with Crippen LogP contribution in [0, 0.1) is 6.92 Å². The van der Waals surface area contributed by atoms with E-state index in [-0.39, 0.29) is 11.7 Å². The van der Waals surface area contributed by atoms with Crippen LogP contribution in [-0.4, -0.2) is 35.9 Å². The van der Waals surface area contributed by atoms with E-state index in [0.717, 1.165) is 30.3 Å². The number of ether oxygens (including phenoxy) is 1. The summed E-state index contributed by atoms with van der Waals surface area (Å²) in [5.74, 6) is -0.930. The quantitative estimate of drug-likeness (QED) is 0.869. The van der Waals surface area contributed by atoms with Crippen molar-refractivity contribution in [3.8, 4) is 0 Å². The maximum absolute atomic E-state index is 10.6. The molecule has 0 radical (unpaired) electrons. The molecule has 1 unspecified atom stereocenters. The second kappa shape index (κ2) is 5.90. The highest BCUT2D eigenvalue weighted by Crippen LogP contribution is 2.29. The molecule has 0 spiro atoms. The van der Waals surface area contributed by atoms with E-state index in [4.69, 9.17) is 9.84 Å².